The maximum absolute atomic E-state index is 4.21. The van der Waals surface area contributed by atoms with Gasteiger partial charge in [0, 0.05) is 12.7 Å². The van der Waals surface area contributed by atoms with Gasteiger partial charge in [0.1, 0.15) is 3.70 Å². The highest BCUT2D eigenvalue weighted by Gasteiger charge is 2.04. The van der Waals surface area contributed by atoms with Crippen LogP contribution in [0.2, 0.25) is 0 Å². The molecule has 0 aliphatic heterocycles. The van der Waals surface area contributed by atoms with E-state index in [-0.39, 0.29) is 0 Å². The largest absolute Gasteiger partial charge is 0.271 e. The second-order valence-electron chi connectivity index (χ2n) is 1.81. The summed E-state index contributed by atoms with van der Waals surface area (Å²) in [5.41, 5.74) is 1.24. The lowest BCUT2D eigenvalue weighted by molar-refractivity contribution is 0.733. The van der Waals surface area contributed by atoms with Crippen molar-refractivity contribution < 1.29 is 0 Å². The first-order valence-corrected chi connectivity index (χ1v) is 4.63. The molecule has 0 bridgehead atoms. The normalized spacial score (nSPS) is 10.2. The molecular weight excluding hydrogens is 342 g/mol. The van der Waals surface area contributed by atoms with E-state index in [4.69, 9.17) is 0 Å². The van der Waals surface area contributed by atoms with E-state index < -0.39 is 0 Å². The standard InChI is InChI=1S/C5H6I2N2/c1-3-4(6)5(7)8-9(3)2/h1-2H3. The number of aromatic nitrogens is 2. The van der Waals surface area contributed by atoms with Gasteiger partial charge in [0.15, 0.2) is 0 Å². The zero-order valence-electron chi connectivity index (χ0n) is 5.15. The molecule has 0 saturated heterocycles. The number of nitrogens with zero attached hydrogens (tertiary/aromatic N) is 2. The monoisotopic (exact) mass is 348 g/mol. The van der Waals surface area contributed by atoms with Crippen LogP contribution in [0, 0.1) is 14.2 Å². The molecule has 0 N–H and O–H groups in total. The van der Waals surface area contributed by atoms with Gasteiger partial charge in [-0.1, -0.05) is 0 Å². The van der Waals surface area contributed by atoms with Crippen LogP contribution >= 0.6 is 45.2 Å². The Labute approximate surface area is 81.3 Å². The average molecular weight is 348 g/mol. The Hall–Kier alpha value is 0.670. The molecule has 9 heavy (non-hydrogen) atoms. The SMILES string of the molecule is Cc1c(I)c(I)nn1C. The van der Waals surface area contributed by atoms with Crippen molar-refractivity contribution in [1.82, 2.24) is 9.78 Å². The Morgan fingerprint density at radius 1 is 1.44 bits per heavy atom. The minimum atomic E-state index is 1.09. The molecule has 1 heterocycles. The van der Waals surface area contributed by atoms with Crippen LogP contribution < -0.4 is 0 Å². The molecule has 2 nitrogen and oxygen atoms in total. The number of hydrogen-bond donors (Lipinski definition) is 0. The molecule has 0 radical (unpaired) electrons. The summed E-state index contributed by atoms with van der Waals surface area (Å²) < 4.78 is 4.24. The molecule has 0 spiro atoms. The molecule has 0 aliphatic carbocycles. The van der Waals surface area contributed by atoms with Gasteiger partial charge in [0.25, 0.3) is 0 Å². The molecule has 0 aliphatic rings. The van der Waals surface area contributed by atoms with Crippen molar-refractivity contribution in [3.63, 3.8) is 0 Å². The first-order chi connectivity index (χ1) is 4.13. The van der Waals surface area contributed by atoms with E-state index >= 15 is 0 Å². The van der Waals surface area contributed by atoms with Gasteiger partial charge < -0.3 is 0 Å². The number of rotatable bonds is 0. The quantitative estimate of drug-likeness (QED) is 0.656. The smallest absolute Gasteiger partial charge is 0.136 e. The van der Waals surface area contributed by atoms with E-state index in [9.17, 15) is 0 Å². The lowest BCUT2D eigenvalue weighted by Crippen LogP contribution is -1.92. The van der Waals surface area contributed by atoms with Crippen LogP contribution in [-0.2, 0) is 7.05 Å². The van der Waals surface area contributed by atoms with Crippen LogP contribution in [0.15, 0.2) is 0 Å². The Kier molecular flexibility index (Phi) is 2.36. The molecule has 0 fully saturated rings. The number of halogens is 2. The maximum atomic E-state index is 4.21. The fourth-order valence-corrected chi connectivity index (χ4v) is 1.71. The van der Waals surface area contributed by atoms with Gasteiger partial charge in [0.2, 0.25) is 0 Å². The van der Waals surface area contributed by atoms with E-state index in [0.29, 0.717) is 0 Å². The molecule has 50 valence electrons. The highest BCUT2D eigenvalue weighted by molar-refractivity contribution is 14.1. The summed E-state index contributed by atoms with van der Waals surface area (Å²) >= 11 is 4.53. The molecule has 0 atom stereocenters. The van der Waals surface area contributed by atoms with Crippen molar-refractivity contribution in [2.45, 2.75) is 6.92 Å². The Balaban J connectivity index is 3.29. The molecule has 1 aromatic rings. The van der Waals surface area contributed by atoms with Crippen LogP contribution in [-0.4, -0.2) is 9.78 Å². The molecular formula is C5H6I2N2. The van der Waals surface area contributed by atoms with E-state index in [2.05, 4.69) is 57.2 Å². The third-order valence-corrected chi connectivity index (χ3v) is 4.30. The molecule has 1 rings (SSSR count). The third kappa shape index (κ3) is 1.39. The van der Waals surface area contributed by atoms with Crippen LogP contribution in [0.4, 0.5) is 0 Å². The van der Waals surface area contributed by atoms with E-state index in [1.54, 1.807) is 0 Å². The zero-order chi connectivity index (χ0) is 7.02. The summed E-state index contributed by atoms with van der Waals surface area (Å²) in [6.45, 7) is 2.07. The molecule has 0 saturated carbocycles. The fourth-order valence-electron chi connectivity index (χ4n) is 0.542. The first-order valence-electron chi connectivity index (χ1n) is 2.47. The molecule has 0 aromatic carbocycles. The van der Waals surface area contributed by atoms with Gasteiger partial charge in [-0.25, -0.2) is 0 Å². The van der Waals surface area contributed by atoms with E-state index in [1.807, 2.05) is 11.7 Å². The van der Waals surface area contributed by atoms with Gasteiger partial charge in [-0.3, -0.25) is 4.68 Å². The Morgan fingerprint density at radius 3 is 2.11 bits per heavy atom. The second-order valence-corrected chi connectivity index (χ2v) is 3.91. The summed E-state index contributed by atoms with van der Waals surface area (Å²) in [6, 6.07) is 0. The van der Waals surface area contributed by atoms with Gasteiger partial charge in [-0.2, -0.15) is 5.10 Å². The molecule has 0 amide bonds. The van der Waals surface area contributed by atoms with E-state index in [0.717, 1.165) is 3.70 Å². The van der Waals surface area contributed by atoms with Crippen LogP contribution in [0.5, 0.6) is 0 Å². The fraction of sp³-hybridized carbons (Fsp3) is 0.400. The molecule has 1 aromatic heterocycles. The lowest BCUT2D eigenvalue weighted by Gasteiger charge is -1.89. The Bertz CT molecular complexity index is 207. The minimum absolute atomic E-state index is 1.09. The zero-order valence-corrected chi connectivity index (χ0v) is 9.47. The van der Waals surface area contributed by atoms with Gasteiger partial charge >= 0.3 is 0 Å². The molecule has 0 unspecified atom stereocenters. The van der Waals surface area contributed by atoms with Crippen LogP contribution in [0.1, 0.15) is 5.69 Å². The van der Waals surface area contributed by atoms with Crippen molar-refractivity contribution >= 4 is 45.2 Å². The second kappa shape index (κ2) is 2.73. The average Bonchev–Trinajstić information content (AvgIpc) is 1.98. The topological polar surface area (TPSA) is 17.8 Å². The van der Waals surface area contributed by atoms with Crippen molar-refractivity contribution in [3.05, 3.63) is 13.0 Å². The highest BCUT2D eigenvalue weighted by Crippen LogP contribution is 2.16. The summed E-state index contributed by atoms with van der Waals surface area (Å²) in [6.07, 6.45) is 0. The van der Waals surface area contributed by atoms with Crippen molar-refractivity contribution in [3.8, 4) is 0 Å². The summed E-state index contributed by atoms with van der Waals surface area (Å²) in [7, 11) is 1.96. The van der Waals surface area contributed by atoms with Gasteiger partial charge in [-0.05, 0) is 52.1 Å². The summed E-state index contributed by atoms with van der Waals surface area (Å²) in [5.74, 6) is 0. The predicted molar refractivity (Wildman–Crippen MR) is 53.4 cm³/mol. The third-order valence-electron chi connectivity index (χ3n) is 1.22. The van der Waals surface area contributed by atoms with Crippen molar-refractivity contribution in [1.29, 1.82) is 0 Å². The van der Waals surface area contributed by atoms with Crippen molar-refractivity contribution in [2.24, 2.45) is 7.05 Å². The molecule has 4 heteroatoms. The Morgan fingerprint density at radius 2 is 2.00 bits per heavy atom. The van der Waals surface area contributed by atoms with Crippen LogP contribution in [0.25, 0.3) is 0 Å². The summed E-state index contributed by atoms with van der Waals surface area (Å²) in [5, 5.41) is 4.21. The predicted octanol–water partition coefficient (Wildman–Crippen LogP) is 1.94. The van der Waals surface area contributed by atoms with Crippen molar-refractivity contribution in [2.75, 3.05) is 0 Å². The van der Waals surface area contributed by atoms with Gasteiger partial charge in [-0.15, -0.1) is 0 Å². The van der Waals surface area contributed by atoms with E-state index in [1.165, 1.54) is 9.26 Å². The lowest BCUT2D eigenvalue weighted by atomic mass is 10.5. The van der Waals surface area contributed by atoms with Gasteiger partial charge in [0.05, 0.1) is 3.57 Å². The highest BCUT2D eigenvalue weighted by atomic mass is 127. The minimum Gasteiger partial charge on any atom is -0.271 e. The first kappa shape index (κ1) is 7.77. The number of aryl methyl sites for hydroxylation is 1. The maximum Gasteiger partial charge on any atom is 0.136 e. The summed E-state index contributed by atoms with van der Waals surface area (Å²) in [4.78, 5) is 0. The number of hydrogen-bond acceptors (Lipinski definition) is 1. The van der Waals surface area contributed by atoms with Crippen LogP contribution in [0.3, 0.4) is 0 Å².